The quantitative estimate of drug-likeness (QED) is 0.534. The van der Waals surface area contributed by atoms with E-state index >= 15 is 0 Å². The molecule has 0 aliphatic carbocycles. The zero-order valence-electron chi connectivity index (χ0n) is 14.8. The molecule has 148 valence electrons. The monoisotopic (exact) mass is 443 g/mol. The first kappa shape index (κ1) is 20.8. The molecule has 1 aliphatic rings. The fraction of sp³-hybridized carbons (Fsp3) is 0.211. The molecule has 3 nitrogen and oxygen atoms in total. The number of hydrogen-bond acceptors (Lipinski definition) is 3. The second-order valence-corrected chi connectivity index (χ2v) is 7.83. The minimum Gasteiger partial charge on any atom is -0.356 e. The molecule has 0 saturated heterocycles. The number of nitrogens with zero attached hydrogens (tertiary/aromatic N) is 1. The molecule has 0 saturated carbocycles. The lowest BCUT2D eigenvalue weighted by Gasteiger charge is -2.20. The number of rotatable bonds is 4. The molecule has 2 N–H and O–H groups in total. The summed E-state index contributed by atoms with van der Waals surface area (Å²) >= 11 is 12.7. The summed E-state index contributed by atoms with van der Waals surface area (Å²) in [6.07, 6.45) is -2.49. The van der Waals surface area contributed by atoms with Crippen LogP contribution in [0.4, 0.5) is 24.5 Å². The summed E-state index contributed by atoms with van der Waals surface area (Å²) in [5.41, 5.74) is 1.44. The van der Waals surface area contributed by atoms with Crippen molar-refractivity contribution in [3.63, 3.8) is 0 Å². The average molecular weight is 444 g/mol. The van der Waals surface area contributed by atoms with Crippen LogP contribution >= 0.6 is 35.6 Å². The smallest absolute Gasteiger partial charge is 0.356 e. The molecule has 1 unspecified atom stereocenters. The van der Waals surface area contributed by atoms with Gasteiger partial charge in [-0.2, -0.15) is 13.2 Å². The molecule has 28 heavy (non-hydrogen) atoms. The van der Waals surface area contributed by atoms with Crippen molar-refractivity contribution in [3.05, 3.63) is 70.2 Å². The van der Waals surface area contributed by atoms with Gasteiger partial charge in [-0.15, -0.1) is 11.8 Å². The summed E-state index contributed by atoms with van der Waals surface area (Å²) in [6, 6.07) is 11.2. The second kappa shape index (κ2) is 8.63. The van der Waals surface area contributed by atoms with E-state index in [4.69, 9.17) is 23.8 Å². The highest BCUT2D eigenvalue weighted by Gasteiger charge is 2.33. The van der Waals surface area contributed by atoms with Crippen molar-refractivity contribution in [2.24, 2.45) is 0 Å². The predicted molar refractivity (Wildman–Crippen MR) is 115 cm³/mol. The van der Waals surface area contributed by atoms with Crippen LogP contribution in [0.15, 0.2) is 54.1 Å². The highest BCUT2D eigenvalue weighted by Crippen LogP contribution is 2.36. The molecule has 0 radical (unpaired) electrons. The van der Waals surface area contributed by atoms with Gasteiger partial charge in [0.25, 0.3) is 0 Å². The van der Waals surface area contributed by atoms with Gasteiger partial charge in [0, 0.05) is 17.6 Å². The maximum Gasteiger partial charge on any atom is 0.417 e. The second-order valence-electron chi connectivity index (χ2n) is 6.15. The van der Waals surface area contributed by atoms with Crippen LogP contribution in [0.1, 0.15) is 24.1 Å². The van der Waals surface area contributed by atoms with Crippen LogP contribution in [0, 0.1) is 0 Å². The van der Waals surface area contributed by atoms with Gasteiger partial charge in [-0.3, -0.25) is 0 Å². The molecular formula is C19H17ClF3N3S2. The van der Waals surface area contributed by atoms with Gasteiger partial charge >= 0.3 is 6.18 Å². The van der Waals surface area contributed by atoms with Gasteiger partial charge in [0.15, 0.2) is 5.11 Å². The fourth-order valence-electron chi connectivity index (χ4n) is 2.66. The number of nitrogens with one attached hydrogen (secondary N) is 2. The van der Waals surface area contributed by atoms with Crippen molar-refractivity contribution in [3.8, 4) is 0 Å². The maximum absolute atomic E-state index is 13.0. The van der Waals surface area contributed by atoms with E-state index in [0.717, 1.165) is 23.3 Å². The fourth-order valence-corrected chi connectivity index (χ4v) is 3.89. The number of hydrogen-bond donors (Lipinski definition) is 2. The van der Waals surface area contributed by atoms with E-state index in [0.29, 0.717) is 10.7 Å². The standard InChI is InChI=1S/C19H17ClF3N3S2/c1-12(13-2-7-17(20)16(10-13)19(21,22)23)24-18(27)25-14-3-5-15(6-4-14)26-8-9-28-11-26/h2-10,12H,11H2,1H3,(H2,24,25,27). The molecule has 2 aromatic carbocycles. The third-order valence-corrected chi connectivity index (χ3v) is 5.44. The van der Waals surface area contributed by atoms with Crippen molar-refractivity contribution in [2.75, 3.05) is 16.1 Å². The van der Waals surface area contributed by atoms with Crippen molar-refractivity contribution in [1.29, 1.82) is 0 Å². The molecule has 1 atom stereocenters. The lowest BCUT2D eigenvalue weighted by Crippen LogP contribution is -2.31. The highest BCUT2D eigenvalue weighted by molar-refractivity contribution is 8.02. The number of alkyl halides is 3. The van der Waals surface area contributed by atoms with Crippen molar-refractivity contribution in [2.45, 2.75) is 19.1 Å². The topological polar surface area (TPSA) is 27.3 Å². The van der Waals surface area contributed by atoms with Crippen LogP contribution < -0.4 is 15.5 Å². The lowest BCUT2D eigenvalue weighted by atomic mass is 10.0. The van der Waals surface area contributed by atoms with Crippen LogP contribution in [0.25, 0.3) is 0 Å². The number of anilines is 2. The summed E-state index contributed by atoms with van der Waals surface area (Å²) in [6.45, 7) is 1.73. The molecule has 1 heterocycles. The van der Waals surface area contributed by atoms with Crippen molar-refractivity contribution in [1.82, 2.24) is 5.32 Å². The SMILES string of the molecule is CC(NC(=S)Nc1ccc(N2C=CSC2)cc1)c1ccc(Cl)c(C(F)(F)F)c1. The van der Waals surface area contributed by atoms with Gasteiger partial charge in [-0.05, 0) is 66.5 Å². The molecule has 0 amide bonds. The average Bonchev–Trinajstić information content (AvgIpc) is 3.16. The summed E-state index contributed by atoms with van der Waals surface area (Å²) in [4.78, 5) is 2.12. The van der Waals surface area contributed by atoms with E-state index < -0.39 is 17.8 Å². The predicted octanol–water partition coefficient (Wildman–Crippen LogP) is 6.39. The summed E-state index contributed by atoms with van der Waals surface area (Å²) in [7, 11) is 0. The molecule has 0 bridgehead atoms. The van der Waals surface area contributed by atoms with E-state index in [-0.39, 0.29) is 5.02 Å². The van der Waals surface area contributed by atoms with E-state index in [1.165, 1.54) is 6.07 Å². The summed E-state index contributed by atoms with van der Waals surface area (Å²) in [5, 5.41) is 8.08. The highest BCUT2D eigenvalue weighted by atomic mass is 35.5. The van der Waals surface area contributed by atoms with Crippen LogP contribution in [-0.2, 0) is 6.18 Å². The Balaban J connectivity index is 1.62. The van der Waals surface area contributed by atoms with E-state index in [9.17, 15) is 13.2 Å². The number of benzene rings is 2. The molecule has 0 spiro atoms. The summed E-state index contributed by atoms with van der Waals surface area (Å²) < 4.78 is 39.1. The Bertz CT molecular complexity index is 885. The molecule has 1 aliphatic heterocycles. The van der Waals surface area contributed by atoms with E-state index in [1.807, 2.05) is 35.9 Å². The van der Waals surface area contributed by atoms with Crippen molar-refractivity contribution >= 4 is 52.1 Å². The van der Waals surface area contributed by atoms with Gasteiger partial charge in [0.2, 0.25) is 0 Å². The lowest BCUT2D eigenvalue weighted by molar-refractivity contribution is -0.137. The van der Waals surface area contributed by atoms with Crippen molar-refractivity contribution < 1.29 is 13.2 Å². The molecule has 0 aromatic heterocycles. The molecular weight excluding hydrogens is 427 g/mol. The Morgan fingerprint density at radius 3 is 2.54 bits per heavy atom. The zero-order valence-corrected chi connectivity index (χ0v) is 17.1. The Morgan fingerprint density at radius 1 is 1.21 bits per heavy atom. The van der Waals surface area contributed by atoms with E-state index in [1.54, 1.807) is 24.8 Å². The maximum atomic E-state index is 13.0. The number of thiocarbonyl (C=S) groups is 1. The molecule has 0 fully saturated rings. The molecule has 3 rings (SSSR count). The first-order chi connectivity index (χ1) is 13.2. The first-order valence-corrected chi connectivity index (χ1v) is 10.2. The molecule has 2 aromatic rings. The Morgan fingerprint density at radius 2 is 1.93 bits per heavy atom. The molecule has 9 heteroatoms. The Kier molecular flexibility index (Phi) is 6.42. The van der Waals surface area contributed by atoms with E-state index in [2.05, 4.69) is 15.5 Å². The van der Waals surface area contributed by atoms with Crippen LogP contribution in [0.3, 0.4) is 0 Å². The Hall–Kier alpha value is -1.90. The zero-order chi connectivity index (χ0) is 20.3. The summed E-state index contributed by atoms with van der Waals surface area (Å²) in [5.74, 6) is 0.880. The van der Waals surface area contributed by atoms with Crippen LogP contribution in [-0.4, -0.2) is 11.0 Å². The van der Waals surface area contributed by atoms with Gasteiger partial charge < -0.3 is 15.5 Å². The van der Waals surface area contributed by atoms with Crippen LogP contribution in [0.5, 0.6) is 0 Å². The number of halogens is 4. The minimum absolute atomic E-state index is 0.320. The first-order valence-electron chi connectivity index (χ1n) is 8.33. The normalized spacial score (nSPS) is 14.8. The van der Waals surface area contributed by atoms with Gasteiger partial charge in [-0.1, -0.05) is 17.7 Å². The largest absolute Gasteiger partial charge is 0.417 e. The third-order valence-electron chi connectivity index (χ3n) is 4.15. The number of thioether (sulfide) groups is 1. The van der Waals surface area contributed by atoms with Crippen LogP contribution in [0.2, 0.25) is 5.02 Å². The third kappa shape index (κ3) is 5.12. The minimum atomic E-state index is -4.50. The van der Waals surface area contributed by atoms with Gasteiger partial charge in [-0.25, -0.2) is 0 Å². The Labute approximate surface area is 175 Å². The van der Waals surface area contributed by atoms with Gasteiger partial charge in [0.05, 0.1) is 22.5 Å². The van der Waals surface area contributed by atoms with Gasteiger partial charge in [0.1, 0.15) is 0 Å².